The second kappa shape index (κ2) is 10.0. The number of nitro benzene ring substituents is 1. The van der Waals surface area contributed by atoms with Crippen LogP contribution in [0.1, 0.15) is 26.3 Å². The smallest absolute Gasteiger partial charge is 0.338 e. The van der Waals surface area contributed by atoms with Crippen LogP contribution in [0.15, 0.2) is 72.8 Å². The van der Waals surface area contributed by atoms with E-state index in [1.807, 2.05) is 30.3 Å². The molecular formula is C23H20N2O6. The highest BCUT2D eigenvalue weighted by atomic mass is 16.6. The minimum atomic E-state index is -0.825. The summed E-state index contributed by atoms with van der Waals surface area (Å²) in [4.78, 5) is 35.5. The van der Waals surface area contributed by atoms with Gasteiger partial charge in [0, 0.05) is 18.2 Å². The van der Waals surface area contributed by atoms with E-state index in [0.717, 1.165) is 11.6 Å². The zero-order valence-electron chi connectivity index (χ0n) is 16.7. The summed E-state index contributed by atoms with van der Waals surface area (Å²) < 4.78 is 10.1. The number of rotatable bonds is 9. The number of benzene rings is 3. The fraction of sp³-hybridized carbons (Fsp3) is 0.130. The number of hydrogen-bond acceptors (Lipinski definition) is 7. The van der Waals surface area contributed by atoms with Crippen LogP contribution in [0.5, 0.6) is 5.75 Å². The second-order valence-electron chi connectivity index (χ2n) is 6.56. The first-order chi connectivity index (χ1) is 15.0. The number of nitrogens with zero attached hydrogens (tertiary/aromatic N) is 1. The Bertz CT molecular complexity index is 1100. The Morgan fingerprint density at radius 2 is 1.74 bits per heavy atom. The monoisotopic (exact) mass is 420 g/mol. The predicted molar refractivity (Wildman–Crippen MR) is 114 cm³/mol. The third kappa shape index (κ3) is 5.66. The minimum absolute atomic E-state index is 0.0181. The first kappa shape index (κ1) is 21.5. The molecule has 158 valence electrons. The molecule has 3 rings (SSSR count). The van der Waals surface area contributed by atoms with Gasteiger partial charge < -0.3 is 14.8 Å². The van der Waals surface area contributed by atoms with Crippen molar-refractivity contribution in [1.29, 1.82) is 0 Å². The van der Waals surface area contributed by atoms with Gasteiger partial charge in [0.15, 0.2) is 12.4 Å². The lowest BCUT2D eigenvalue weighted by atomic mass is 10.1. The molecule has 0 radical (unpaired) electrons. The molecule has 0 aromatic heterocycles. The summed E-state index contributed by atoms with van der Waals surface area (Å²) in [5, 5.41) is 14.5. The largest absolute Gasteiger partial charge is 0.497 e. The molecule has 0 aliphatic carbocycles. The molecule has 3 aromatic rings. The maximum Gasteiger partial charge on any atom is 0.338 e. The molecule has 31 heavy (non-hydrogen) atoms. The molecule has 8 heteroatoms. The van der Waals surface area contributed by atoms with Gasteiger partial charge in [0.2, 0.25) is 0 Å². The standard InChI is InChI=1S/C23H20N2O6/c1-30-19-9-5-8-17(12-19)22(26)15-31-23(27)18-10-11-20(21(13-18)25(28)29)24-14-16-6-3-2-4-7-16/h2-13,24H,14-15H2,1H3. The number of anilines is 1. The maximum absolute atomic E-state index is 12.3. The molecular weight excluding hydrogens is 400 g/mol. The van der Waals surface area contributed by atoms with Crippen molar-refractivity contribution >= 4 is 23.1 Å². The number of nitro groups is 1. The Hall–Kier alpha value is -4.20. The summed E-state index contributed by atoms with van der Waals surface area (Å²) in [6, 6.07) is 19.9. The number of nitrogens with one attached hydrogen (secondary N) is 1. The van der Waals surface area contributed by atoms with E-state index in [4.69, 9.17) is 9.47 Å². The molecule has 0 atom stereocenters. The van der Waals surface area contributed by atoms with E-state index in [0.29, 0.717) is 17.9 Å². The molecule has 0 saturated heterocycles. The van der Waals surface area contributed by atoms with Crippen molar-refractivity contribution in [2.75, 3.05) is 19.0 Å². The van der Waals surface area contributed by atoms with E-state index in [9.17, 15) is 19.7 Å². The van der Waals surface area contributed by atoms with Crippen molar-refractivity contribution in [3.05, 3.63) is 99.6 Å². The number of carbonyl (C=O) groups is 2. The molecule has 0 saturated carbocycles. The number of Topliss-reactive ketones (excluding diaryl/α,β-unsaturated/α-hetero) is 1. The average Bonchev–Trinajstić information content (AvgIpc) is 2.81. The van der Waals surface area contributed by atoms with Crippen LogP contribution in [-0.2, 0) is 11.3 Å². The third-order valence-electron chi connectivity index (χ3n) is 4.48. The zero-order valence-corrected chi connectivity index (χ0v) is 16.7. The first-order valence-corrected chi connectivity index (χ1v) is 9.38. The maximum atomic E-state index is 12.3. The van der Waals surface area contributed by atoms with Gasteiger partial charge in [0.1, 0.15) is 11.4 Å². The quantitative estimate of drug-likeness (QED) is 0.238. The van der Waals surface area contributed by atoms with Gasteiger partial charge in [-0.2, -0.15) is 0 Å². The minimum Gasteiger partial charge on any atom is -0.497 e. The van der Waals surface area contributed by atoms with E-state index >= 15 is 0 Å². The van der Waals surface area contributed by atoms with E-state index in [1.165, 1.54) is 25.3 Å². The predicted octanol–water partition coefficient (Wildman–Crippen LogP) is 4.26. The fourth-order valence-electron chi connectivity index (χ4n) is 2.85. The third-order valence-corrected chi connectivity index (χ3v) is 4.48. The summed E-state index contributed by atoms with van der Waals surface area (Å²) in [6.07, 6.45) is 0. The molecule has 0 unspecified atom stereocenters. The Morgan fingerprint density at radius 1 is 0.968 bits per heavy atom. The van der Waals surface area contributed by atoms with Gasteiger partial charge in [0.05, 0.1) is 17.6 Å². The Labute approximate surface area is 178 Å². The van der Waals surface area contributed by atoms with Gasteiger partial charge in [-0.15, -0.1) is 0 Å². The van der Waals surface area contributed by atoms with Gasteiger partial charge in [-0.3, -0.25) is 14.9 Å². The number of hydrogen-bond donors (Lipinski definition) is 1. The second-order valence-corrected chi connectivity index (χ2v) is 6.56. The van der Waals surface area contributed by atoms with Gasteiger partial charge in [0.25, 0.3) is 5.69 Å². The lowest BCUT2D eigenvalue weighted by Crippen LogP contribution is -2.14. The van der Waals surface area contributed by atoms with Gasteiger partial charge in [-0.05, 0) is 29.8 Å². The Kier molecular flexibility index (Phi) is 6.95. The highest BCUT2D eigenvalue weighted by Gasteiger charge is 2.19. The lowest BCUT2D eigenvalue weighted by molar-refractivity contribution is -0.384. The van der Waals surface area contributed by atoms with Crippen LogP contribution in [0.4, 0.5) is 11.4 Å². The summed E-state index contributed by atoms with van der Waals surface area (Å²) in [6.45, 7) is -0.103. The zero-order chi connectivity index (χ0) is 22.2. The van der Waals surface area contributed by atoms with Crippen molar-refractivity contribution in [2.45, 2.75) is 6.54 Å². The highest BCUT2D eigenvalue weighted by molar-refractivity contribution is 5.99. The van der Waals surface area contributed by atoms with Crippen LogP contribution >= 0.6 is 0 Å². The van der Waals surface area contributed by atoms with E-state index in [1.54, 1.807) is 18.2 Å². The van der Waals surface area contributed by atoms with Crippen molar-refractivity contribution < 1.29 is 24.0 Å². The number of ether oxygens (including phenoxy) is 2. The first-order valence-electron chi connectivity index (χ1n) is 9.38. The molecule has 0 aliphatic heterocycles. The van der Waals surface area contributed by atoms with Crippen molar-refractivity contribution in [3.8, 4) is 5.75 Å². The molecule has 8 nitrogen and oxygen atoms in total. The van der Waals surface area contributed by atoms with Gasteiger partial charge >= 0.3 is 5.97 Å². The fourth-order valence-corrected chi connectivity index (χ4v) is 2.85. The number of carbonyl (C=O) groups excluding carboxylic acids is 2. The van der Waals surface area contributed by atoms with Crippen LogP contribution in [0, 0.1) is 10.1 Å². The van der Waals surface area contributed by atoms with Crippen LogP contribution in [0.25, 0.3) is 0 Å². The van der Waals surface area contributed by atoms with Crippen molar-refractivity contribution in [2.24, 2.45) is 0 Å². The van der Waals surface area contributed by atoms with Crippen LogP contribution in [0.2, 0.25) is 0 Å². The number of esters is 1. The van der Waals surface area contributed by atoms with Crippen molar-refractivity contribution in [1.82, 2.24) is 0 Å². The summed E-state index contributed by atoms with van der Waals surface area (Å²) >= 11 is 0. The lowest BCUT2D eigenvalue weighted by Gasteiger charge is -2.09. The molecule has 0 fully saturated rings. The molecule has 3 aromatic carbocycles. The summed E-state index contributed by atoms with van der Waals surface area (Å²) in [5.41, 5.74) is 1.28. The molecule has 0 aliphatic rings. The Morgan fingerprint density at radius 3 is 2.45 bits per heavy atom. The SMILES string of the molecule is COc1cccc(C(=O)COC(=O)c2ccc(NCc3ccccc3)c([N+](=O)[O-])c2)c1. The molecule has 0 amide bonds. The Balaban J connectivity index is 1.67. The van der Waals surface area contributed by atoms with Crippen LogP contribution in [-0.4, -0.2) is 30.4 Å². The topological polar surface area (TPSA) is 108 Å². The van der Waals surface area contributed by atoms with E-state index in [2.05, 4.69) is 5.32 Å². The van der Waals surface area contributed by atoms with Gasteiger partial charge in [-0.25, -0.2) is 4.79 Å². The van der Waals surface area contributed by atoms with Crippen LogP contribution < -0.4 is 10.1 Å². The molecule has 0 spiro atoms. The average molecular weight is 420 g/mol. The highest BCUT2D eigenvalue weighted by Crippen LogP contribution is 2.26. The molecule has 1 N–H and O–H groups in total. The number of methoxy groups -OCH3 is 1. The normalized spacial score (nSPS) is 10.2. The van der Waals surface area contributed by atoms with Gasteiger partial charge in [-0.1, -0.05) is 42.5 Å². The summed E-state index contributed by atoms with van der Waals surface area (Å²) in [7, 11) is 1.48. The van der Waals surface area contributed by atoms with Crippen molar-refractivity contribution in [3.63, 3.8) is 0 Å². The number of ketones is 1. The van der Waals surface area contributed by atoms with E-state index in [-0.39, 0.29) is 16.9 Å². The van der Waals surface area contributed by atoms with E-state index < -0.39 is 23.3 Å². The molecule has 0 heterocycles. The molecule has 0 bridgehead atoms. The van der Waals surface area contributed by atoms with Crippen LogP contribution in [0.3, 0.4) is 0 Å². The summed E-state index contributed by atoms with van der Waals surface area (Å²) in [5.74, 6) is -0.733.